The molecule has 4 rings (SSSR count). The molecule has 4 nitrogen and oxygen atoms in total. The average molecular weight is 370 g/mol. The van der Waals surface area contributed by atoms with Gasteiger partial charge >= 0.3 is 11.9 Å². The lowest BCUT2D eigenvalue weighted by atomic mass is 9.58. The van der Waals surface area contributed by atoms with Crippen LogP contribution in [0.5, 0.6) is 0 Å². The molecule has 146 valence electrons. The van der Waals surface area contributed by atoms with Gasteiger partial charge in [0.15, 0.2) is 0 Å². The summed E-state index contributed by atoms with van der Waals surface area (Å²) in [7, 11) is 1.48. The highest BCUT2D eigenvalue weighted by molar-refractivity contribution is 5.78. The molecule has 0 unspecified atom stereocenters. The van der Waals surface area contributed by atoms with Crippen molar-refractivity contribution in [3.63, 3.8) is 0 Å². The zero-order valence-electron chi connectivity index (χ0n) is 17.1. The molecule has 1 spiro atoms. The number of allylic oxidation sites excluding steroid dienone is 4. The van der Waals surface area contributed by atoms with Crippen LogP contribution in [0.15, 0.2) is 35.5 Å². The first kappa shape index (κ1) is 18.5. The van der Waals surface area contributed by atoms with Crippen LogP contribution in [0, 0.1) is 28.6 Å². The van der Waals surface area contributed by atoms with Gasteiger partial charge in [0.1, 0.15) is 5.60 Å². The van der Waals surface area contributed by atoms with E-state index in [0.717, 1.165) is 18.4 Å². The summed E-state index contributed by atoms with van der Waals surface area (Å²) >= 11 is 0. The van der Waals surface area contributed by atoms with Crippen LogP contribution in [-0.4, -0.2) is 24.6 Å². The van der Waals surface area contributed by atoms with Gasteiger partial charge in [-0.05, 0) is 41.7 Å². The summed E-state index contributed by atoms with van der Waals surface area (Å²) < 4.78 is 11.2. The minimum absolute atomic E-state index is 0.0456. The molecule has 4 aliphatic rings. The molecule has 0 heterocycles. The van der Waals surface area contributed by atoms with Gasteiger partial charge in [0.05, 0.1) is 13.0 Å². The standard InChI is InChI=1S/C23H30O4/c1-13-7-8-16-17-9-10-23(27-15(3)24)12-22(17,11-14(23)2)19(20(25)26-6)18(16)21(13,4)5/h7-8,13,18-19H,2,9-12H2,1,3-6H3/t13-,18+,19+,22-,23-/m0/s1. The van der Waals surface area contributed by atoms with E-state index >= 15 is 0 Å². The van der Waals surface area contributed by atoms with E-state index < -0.39 is 5.60 Å². The Hall–Kier alpha value is -1.84. The van der Waals surface area contributed by atoms with Crippen LogP contribution in [0.2, 0.25) is 0 Å². The first-order chi connectivity index (χ1) is 12.6. The van der Waals surface area contributed by atoms with Crippen molar-refractivity contribution < 1.29 is 19.1 Å². The van der Waals surface area contributed by atoms with Gasteiger partial charge in [0.25, 0.3) is 0 Å². The Bertz CT molecular complexity index is 801. The third kappa shape index (κ3) is 2.22. The summed E-state index contributed by atoms with van der Waals surface area (Å²) in [6, 6.07) is 0. The lowest BCUT2D eigenvalue weighted by Gasteiger charge is -2.45. The van der Waals surface area contributed by atoms with E-state index in [1.54, 1.807) is 0 Å². The number of esters is 2. The van der Waals surface area contributed by atoms with Crippen LogP contribution in [0.25, 0.3) is 0 Å². The molecule has 2 bridgehead atoms. The fourth-order valence-electron chi connectivity index (χ4n) is 6.56. The quantitative estimate of drug-likeness (QED) is 0.535. The Morgan fingerprint density at radius 2 is 2.00 bits per heavy atom. The van der Waals surface area contributed by atoms with Gasteiger partial charge in [-0.1, -0.05) is 45.1 Å². The monoisotopic (exact) mass is 370 g/mol. The fraction of sp³-hybridized carbons (Fsp3) is 0.652. The molecule has 0 aliphatic heterocycles. The topological polar surface area (TPSA) is 52.6 Å². The van der Waals surface area contributed by atoms with E-state index in [1.165, 1.54) is 25.2 Å². The summed E-state index contributed by atoms with van der Waals surface area (Å²) in [6.45, 7) is 12.5. The smallest absolute Gasteiger partial charge is 0.310 e. The number of hydrogen-bond donors (Lipinski definition) is 0. The maximum absolute atomic E-state index is 13.1. The molecule has 4 heteroatoms. The highest BCUT2D eigenvalue weighted by Gasteiger charge is 2.69. The summed E-state index contributed by atoms with van der Waals surface area (Å²) in [6.07, 6.45) is 7.50. The molecule has 0 radical (unpaired) electrons. The highest BCUT2D eigenvalue weighted by Crippen LogP contribution is 2.72. The van der Waals surface area contributed by atoms with Gasteiger partial charge in [0.2, 0.25) is 0 Å². The molecule has 0 amide bonds. The molecular weight excluding hydrogens is 340 g/mol. The van der Waals surface area contributed by atoms with Crippen molar-refractivity contribution in [1.29, 1.82) is 0 Å². The van der Waals surface area contributed by atoms with E-state index in [0.29, 0.717) is 18.8 Å². The number of fused-ring (bicyclic) bond motifs is 2. The minimum atomic E-state index is -0.630. The number of carbonyl (C=O) groups excluding carboxylic acids is 2. The van der Waals surface area contributed by atoms with Crippen molar-refractivity contribution in [2.75, 3.05) is 7.11 Å². The van der Waals surface area contributed by atoms with E-state index in [4.69, 9.17) is 9.47 Å². The lowest BCUT2D eigenvalue weighted by molar-refractivity contribution is -0.159. The zero-order chi connectivity index (χ0) is 19.8. The van der Waals surface area contributed by atoms with Crippen molar-refractivity contribution in [3.8, 4) is 0 Å². The number of ether oxygens (including phenoxy) is 2. The van der Waals surface area contributed by atoms with Crippen molar-refractivity contribution in [2.24, 2.45) is 28.6 Å². The van der Waals surface area contributed by atoms with E-state index in [-0.39, 0.29) is 34.6 Å². The second-order valence-electron chi connectivity index (χ2n) is 9.58. The highest BCUT2D eigenvalue weighted by atomic mass is 16.6. The summed E-state index contributed by atoms with van der Waals surface area (Å²) in [5.41, 5.74) is 2.64. The maximum atomic E-state index is 13.1. The van der Waals surface area contributed by atoms with Gasteiger partial charge < -0.3 is 9.47 Å². The molecule has 2 saturated carbocycles. The second-order valence-corrected chi connectivity index (χ2v) is 9.58. The van der Waals surface area contributed by atoms with Crippen LogP contribution in [0.3, 0.4) is 0 Å². The van der Waals surface area contributed by atoms with Crippen molar-refractivity contribution in [2.45, 2.75) is 59.0 Å². The third-order valence-corrected chi connectivity index (χ3v) is 8.10. The summed E-state index contributed by atoms with van der Waals surface area (Å²) in [5.74, 6) is -0.165. The molecule has 27 heavy (non-hydrogen) atoms. The van der Waals surface area contributed by atoms with Gasteiger partial charge in [0, 0.05) is 24.7 Å². The normalized spacial score (nSPS) is 41.2. The molecule has 4 aliphatic carbocycles. The molecule has 0 saturated heterocycles. The van der Waals surface area contributed by atoms with Crippen molar-refractivity contribution in [1.82, 2.24) is 0 Å². The van der Waals surface area contributed by atoms with Crippen molar-refractivity contribution in [3.05, 3.63) is 35.5 Å². The van der Waals surface area contributed by atoms with Crippen LogP contribution in [-0.2, 0) is 19.1 Å². The Morgan fingerprint density at radius 1 is 1.30 bits per heavy atom. The van der Waals surface area contributed by atoms with Crippen LogP contribution >= 0.6 is 0 Å². The number of hydrogen-bond acceptors (Lipinski definition) is 4. The Kier molecular flexibility index (Phi) is 3.83. The minimum Gasteiger partial charge on any atom is -0.469 e. The predicted molar refractivity (Wildman–Crippen MR) is 103 cm³/mol. The number of methoxy groups -OCH3 is 1. The molecule has 0 aromatic heterocycles. The molecule has 0 aromatic carbocycles. The summed E-state index contributed by atoms with van der Waals surface area (Å²) in [4.78, 5) is 24.9. The molecular formula is C23H30O4. The molecule has 5 atom stereocenters. The summed E-state index contributed by atoms with van der Waals surface area (Å²) in [5, 5.41) is 0. The van der Waals surface area contributed by atoms with Crippen LogP contribution in [0.4, 0.5) is 0 Å². The van der Waals surface area contributed by atoms with Crippen molar-refractivity contribution >= 4 is 11.9 Å². The number of rotatable bonds is 2. The van der Waals surface area contributed by atoms with E-state index in [1.807, 2.05) is 0 Å². The van der Waals surface area contributed by atoms with E-state index in [2.05, 4.69) is 39.5 Å². The molecule has 2 fully saturated rings. The SMILES string of the molecule is C=C1C[C@]23C[C@@]1(OC(C)=O)CCC2=C1C=C[C@H](C)C(C)(C)[C@H]1[C@@H]3C(=O)OC. The first-order valence-electron chi connectivity index (χ1n) is 9.96. The van der Waals surface area contributed by atoms with E-state index in [9.17, 15) is 9.59 Å². The Morgan fingerprint density at radius 3 is 2.63 bits per heavy atom. The largest absolute Gasteiger partial charge is 0.469 e. The zero-order valence-corrected chi connectivity index (χ0v) is 17.1. The maximum Gasteiger partial charge on any atom is 0.310 e. The predicted octanol–water partition coefficient (Wildman–Crippen LogP) is 4.37. The average Bonchev–Trinajstić information content (AvgIpc) is 2.98. The van der Waals surface area contributed by atoms with Gasteiger partial charge in [-0.25, -0.2) is 0 Å². The second kappa shape index (κ2) is 5.59. The van der Waals surface area contributed by atoms with Crippen LogP contribution in [0.1, 0.15) is 53.4 Å². The van der Waals surface area contributed by atoms with Gasteiger partial charge in [-0.2, -0.15) is 0 Å². The van der Waals surface area contributed by atoms with Gasteiger partial charge in [-0.3, -0.25) is 9.59 Å². The third-order valence-electron chi connectivity index (χ3n) is 8.10. The fourth-order valence-corrected chi connectivity index (χ4v) is 6.56. The van der Waals surface area contributed by atoms with Crippen LogP contribution < -0.4 is 0 Å². The Balaban J connectivity index is 1.90. The Labute approximate surface area is 161 Å². The molecule has 0 N–H and O–H groups in total. The number of carbonyl (C=O) groups is 2. The van der Waals surface area contributed by atoms with Gasteiger partial charge in [-0.15, -0.1) is 0 Å². The molecule has 0 aromatic rings. The first-order valence-corrected chi connectivity index (χ1v) is 9.96. The lowest BCUT2D eigenvalue weighted by Crippen LogP contribution is -2.46.